The molecule has 0 aliphatic rings. The van der Waals surface area contributed by atoms with E-state index in [0.29, 0.717) is 10.8 Å². The smallest absolute Gasteiger partial charge is 0.136 e. The first-order valence-electron chi connectivity index (χ1n) is 51.0. The van der Waals surface area contributed by atoms with Crippen molar-refractivity contribution in [1.82, 2.24) is 4.57 Å². The first-order valence-corrected chi connectivity index (χ1v) is 49.8. The Morgan fingerprint density at radius 1 is 0.189 bits per heavy atom. The molecule has 0 spiro atoms. The summed E-state index contributed by atoms with van der Waals surface area (Å²) in [7, 11) is 0. The molecule has 0 radical (unpaired) electrons. The highest BCUT2D eigenvalue weighted by Crippen LogP contribution is 2.55. The van der Waals surface area contributed by atoms with Crippen LogP contribution < -0.4 is 0 Å². The molecule has 0 fully saturated rings. The molecule has 27 aromatic carbocycles. The Morgan fingerprint density at radius 2 is 0.594 bits per heavy atom. The lowest BCUT2D eigenvalue weighted by Gasteiger charge is -2.20. The van der Waals surface area contributed by atoms with Crippen LogP contribution in [-0.4, -0.2) is 4.57 Å². The second-order valence-electron chi connectivity index (χ2n) is 37.4. The average Bonchev–Trinajstić information content (AvgIpc) is 1.70. The molecule has 3 heterocycles. The van der Waals surface area contributed by atoms with E-state index >= 15 is 0 Å². The minimum absolute atomic E-state index is 0.0544. The first-order chi connectivity index (χ1) is 72.6. The average molecular weight is 1840 g/mol. The normalized spacial score (nSPS) is 12.2. The zero-order valence-electron chi connectivity index (χ0n) is 81.7. The second kappa shape index (κ2) is 34.3. The number of benzene rings is 27. The van der Waals surface area contributed by atoms with Crippen LogP contribution in [0, 0.1) is 0 Å². The van der Waals surface area contributed by atoms with Crippen molar-refractivity contribution in [2.45, 2.75) is 0 Å². The molecular formula is C140H87NOS. The maximum absolute atomic E-state index is 9.70. The molecule has 143 heavy (non-hydrogen) atoms. The van der Waals surface area contributed by atoms with E-state index in [-0.39, 0.29) is 24.2 Å². The van der Waals surface area contributed by atoms with Gasteiger partial charge in [-0.3, -0.25) is 0 Å². The largest absolute Gasteiger partial charge is 0.456 e. The van der Waals surface area contributed by atoms with Crippen LogP contribution in [0.3, 0.4) is 0 Å². The highest BCUT2D eigenvalue weighted by atomic mass is 32.1. The van der Waals surface area contributed by atoms with Crippen LogP contribution >= 0.6 is 11.3 Å². The summed E-state index contributed by atoms with van der Waals surface area (Å²) in [4.78, 5) is 0. The minimum atomic E-state index is -0.253. The third-order valence-electron chi connectivity index (χ3n) is 29.6. The molecule has 664 valence electrons. The number of fused-ring (bicyclic) bond motifs is 22. The van der Waals surface area contributed by atoms with Crippen molar-refractivity contribution in [2.24, 2.45) is 0 Å². The van der Waals surface area contributed by atoms with Crippen LogP contribution in [0.25, 0.3) is 288 Å². The second-order valence-corrected chi connectivity index (χ2v) is 38.5. The van der Waals surface area contributed by atoms with Crippen molar-refractivity contribution >= 4 is 194 Å². The summed E-state index contributed by atoms with van der Waals surface area (Å²) in [5.74, 6) is 0. The predicted octanol–water partition coefficient (Wildman–Crippen LogP) is 40.1. The van der Waals surface area contributed by atoms with Crippen LogP contribution in [-0.2, 0) is 0 Å². The molecule has 30 aromatic rings. The molecule has 0 saturated carbocycles. The lowest BCUT2D eigenvalue weighted by molar-refractivity contribution is 0.669. The molecule has 0 saturated heterocycles. The zero-order chi connectivity index (χ0) is 97.6. The number of thiophene rings is 1. The third-order valence-corrected chi connectivity index (χ3v) is 30.8. The molecular weight excluding hydrogens is 1740 g/mol. The maximum Gasteiger partial charge on any atom is 0.136 e. The Balaban J connectivity index is 0.000000110. The van der Waals surface area contributed by atoms with Gasteiger partial charge in [-0.15, -0.1) is 11.3 Å². The predicted molar refractivity (Wildman–Crippen MR) is 615 cm³/mol. The summed E-state index contributed by atoms with van der Waals surface area (Å²) in [5, 5.41) is 32.3. The molecule has 0 amide bonds. The van der Waals surface area contributed by atoms with E-state index in [1.165, 1.54) is 173 Å². The van der Waals surface area contributed by atoms with E-state index in [1.54, 1.807) is 0 Å². The topological polar surface area (TPSA) is 18.1 Å². The summed E-state index contributed by atoms with van der Waals surface area (Å²) < 4.78 is 49.0. The number of furan rings is 1. The van der Waals surface area contributed by atoms with Gasteiger partial charge in [-0.25, -0.2) is 0 Å². The Bertz CT molecular complexity index is 10700. The molecule has 0 aliphatic heterocycles. The quantitative estimate of drug-likeness (QED) is 0.125. The number of nitrogens with zero attached hydrogens (tertiary/aromatic N) is 1. The molecule has 2 nitrogen and oxygen atoms in total. The van der Waals surface area contributed by atoms with E-state index in [1.807, 2.05) is 47.7 Å². The van der Waals surface area contributed by atoms with Gasteiger partial charge in [0.05, 0.1) is 16.5 Å². The Morgan fingerprint density at radius 3 is 1.25 bits per heavy atom. The lowest BCUT2D eigenvalue weighted by Crippen LogP contribution is -1.96. The monoisotopic (exact) mass is 1830 g/mol. The molecule has 30 rings (SSSR count). The fraction of sp³-hybridized carbons (Fsp3) is 0. The number of rotatable bonds is 10. The van der Waals surface area contributed by atoms with E-state index in [2.05, 4.69) is 472 Å². The van der Waals surface area contributed by atoms with Gasteiger partial charge in [-0.2, -0.15) is 0 Å². The van der Waals surface area contributed by atoms with Gasteiger partial charge < -0.3 is 8.98 Å². The highest BCUT2D eigenvalue weighted by Gasteiger charge is 2.27. The number of para-hydroxylation sites is 2. The van der Waals surface area contributed by atoms with Crippen molar-refractivity contribution < 1.29 is 9.90 Å². The van der Waals surface area contributed by atoms with Gasteiger partial charge in [0.25, 0.3) is 0 Å². The van der Waals surface area contributed by atoms with Crippen LogP contribution in [0.15, 0.2) is 532 Å². The van der Waals surface area contributed by atoms with Gasteiger partial charge in [-0.1, -0.05) is 467 Å². The van der Waals surface area contributed by atoms with E-state index in [0.717, 1.165) is 105 Å². The Hall–Kier alpha value is -18.4. The van der Waals surface area contributed by atoms with Gasteiger partial charge in [0.2, 0.25) is 0 Å². The zero-order valence-corrected chi connectivity index (χ0v) is 78.5. The number of aromatic nitrogens is 1. The molecule has 0 bridgehead atoms. The van der Waals surface area contributed by atoms with Crippen molar-refractivity contribution in [3.8, 4) is 106 Å². The molecule has 0 aliphatic carbocycles. The summed E-state index contributed by atoms with van der Waals surface area (Å²) in [6.07, 6.45) is 0. The SMILES string of the molecule is [2H]c1c([2H])c([2H])c2c(-c3ccc(-c4ccccc4)c4ccccc34)c3ccc(-c4ccccc4)cc3c(-c3ccc(-n4c5ccccc5c5ccc6ccccc6c54)cc3)c2c1[2H].c1ccc(-c2ccc(-c3c4ccccc4c(-c4cccc5ccccc45)c4c3ccc3c5ccccc5sc34)cc2)cc1.c1ccc2cc(-c3c4ccccc4c(-c4ccc5ccccc5c4)c4cc5c(cc34)oc3ccccc35)ccc2c1. The highest BCUT2D eigenvalue weighted by molar-refractivity contribution is 7.26. The Kier molecular flexibility index (Phi) is 18.9. The van der Waals surface area contributed by atoms with Crippen LogP contribution in [0.5, 0.6) is 0 Å². The minimum Gasteiger partial charge on any atom is -0.456 e. The van der Waals surface area contributed by atoms with E-state index in [4.69, 9.17) is 7.16 Å². The third kappa shape index (κ3) is 13.9. The lowest BCUT2D eigenvalue weighted by atomic mass is 9.83. The van der Waals surface area contributed by atoms with Crippen LogP contribution in [0.2, 0.25) is 0 Å². The van der Waals surface area contributed by atoms with Crippen molar-refractivity contribution in [2.75, 3.05) is 0 Å². The number of hydrogen-bond acceptors (Lipinski definition) is 2. The van der Waals surface area contributed by atoms with Gasteiger partial charge in [0.15, 0.2) is 0 Å². The summed E-state index contributed by atoms with van der Waals surface area (Å²) in [6, 6.07) is 180. The summed E-state index contributed by atoms with van der Waals surface area (Å²) >= 11 is 1.92. The van der Waals surface area contributed by atoms with Crippen molar-refractivity contribution in [1.29, 1.82) is 0 Å². The summed E-state index contributed by atoms with van der Waals surface area (Å²) in [6.45, 7) is 0. The Labute approximate surface area is 835 Å². The van der Waals surface area contributed by atoms with Gasteiger partial charge in [-0.05, 0) is 269 Å². The first kappa shape index (κ1) is 78.6. The molecule has 3 aromatic heterocycles. The van der Waals surface area contributed by atoms with E-state index in [9.17, 15) is 2.74 Å². The molecule has 0 unspecified atom stereocenters. The fourth-order valence-electron chi connectivity index (χ4n) is 23.1. The van der Waals surface area contributed by atoms with Crippen molar-refractivity contribution in [3.05, 3.63) is 528 Å². The fourth-order valence-corrected chi connectivity index (χ4v) is 24.4. The number of hydrogen-bond donors (Lipinski definition) is 0. The van der Waals surface area contributed by atoms with Gasteiger partial charge >= 0.3 is 0 Å². The van der Waals surface area contributed by atoms with Crippen molar-refractivity contribution in [3.63, 3.8) is 0 Å². The van der Waals surface area contributed by atoms with Crippen LogP contribution in [0.4, 0.5) is 0 Å². The maximum atomic E-state index is 9.70. The van der Waals surface area contributed by atoms with Crippen LogP contribution in [0.1, 0.15) is 5.48 Å². The summed E-state index contributed by atoms with van der Waals surface area (Å²) in [5.41, 5.74) is 25.3. The standard InChI is InChI=1S/C58H37N.C42H26S.C40H24O/c1-3-15-38(16-4-1)42-30-33-52-54(37-42)56(41-27-31-43(32-28-41)59-55-26-14-13-23-48(55)53-34-29-40-19-7-8-20-45(40)58(53)59)49-24-11-12-25-50(49)57(52)51-36-35-44(39-17-5-2-6-18-39)46-21-9-10-22-47(46)51;1-2-11-27(12-3-1)28-21-23-30(24-22-28)39-34-17-6-7-18-35(34)40(33-19-10-14-29-13-4-5-15-31(29)33)41-37(39)26-25-36-32-16-8-9-20-38(32)43-42(36)41;1-3-11-27-21-29(19-17-25(27)9-1)39-32-14-5-6-15-33(32)40(30-20-18-26-10-2-4-12-28(26)22-30)36-24-38-34(23-35(36)39)31-13-7-8-16-37(31)41-38/h1-37H;1-26H;1-24H/i11D,12D,24D,25D;;. The van der Waals surface area contributed by atoms with Gasteiger partial charge in [0.1, 0.15) is 11.2 Å². The molecule has 3 heteroatoms. The van der Waals surface area contributed by atoms with Gasteiger partial charge in [0, 0.05) is 58.2 Å². The molecule has 0 atom stereocenters. The molecule has 0 N–H and O–H groups in total. The van der Waals surface area contributed by atoms with E-state index < -0.39 is 0 Å².